The molecule has 0 spiro atoms. The van der Waals surface area contributed by atoms with Crippen molar-refractivity contribution in [2.24, 2.45) is 10.9 Å². The number of aromatic amines is 1. The van der Waals surface area contributed by atoms with Crippen LogP contribution in [0.2, 0.25) is 0 Å². The van der Waals surface area contributed by atoms with Crippen molar-refractivity contribution in [1.82, 2.24) is 30.1 Å². The van der Waals surface area contributed by atoms with E-state index in [-0.39, 0.29) is 6.04 Å². The summed E-state index contributed by atoms with van der Waals surface area (Å²) in [4.78, 5) is 22.9. The van der Waals surface area contributed by atoms with E-state index >= 15 is 0 Å². The lowest BCUT2D eigenvalue weighted by Crippen LogP contribution is -2.48. The number of amidine groups is 1. The zero-order valence-electron chi connectivity index (χ0n) is 20.3. The fraction of sp³-hybridized carbons (Fsp3) is 0.444. The third kappa shape index (κ3) is 4.87. The summed E-state index contributed by atoms with van der Waals surface area (Å²) in [6.07, 6.45) is 12.8. The summed E-state index contributed by atoms with van der Waals surface area (Å²) >= 11 is 0. The van der Waals surface area contributed by atoms with Crippen LogP contribution in [0.15, 0.2) is 47.2 Å². The molecule has 2 N–H and O–H groups in total. The molecule has 2 aliphatic heterocycles. The van der Waals surface area contributed by atoms with Crippen LogP contribution in [0.1, 0.15) is 24.4 Å². The van der Waals surface area contributed by atoms with Crippen LogP contribution in [0.3, 0.4) is 0 Å². The van der Waals surface area contributed by atoms with Crippen molar-refractivity contribution in [3.8, 4) is 0 Å². The van der Waals surface area contributed by atoms with Crippen LogP contribution < -0.4 is 16.0 Å². The molecule has 0 radical (unpaired) electrons. The molecule has 2 atom stereocenters. The number of hydrogen-bond acceptors (Lipinski definition) is 7. The molecule has 2 aromatic heterocycles. The number of rotatable bonds is 7. The third-order valence-electron chi connectivity index (χ3n) is 7.31. The van der Waals surface area contributed by atoms with Gasteiger partial charge >= 0.3 is 0 Å². The number of hydrogen-bond donors (Lipinski definition) is 2. The Labute approximate surface area is 205 Å². The van der Waals surface area contributed by atoms with Crippen molar-refractivity contribution in [1.29, 1.82) is 0 Å². The van der Waals surface area contributed by atoms with Crippen molar-refractivity contribution in [3.63, 3.8) is 0 Å². The number of piperazine rings is 1. The van der Waals surface area contributed by atoms with E-state index in [9.17, 15) is 0 Å². The molecular weight excluding hydrogens is 438 g/mol. The Morgan fingerprint density at radius 3 is 2.80 bits per heavy atom. The Morgan fingerprint density at radius 1 is 1.09 bits per heavy atom. The predicted octanol–water partition coefficient (Wildman–Crippen LogP) is 0.739. The van der Waals surface area contributed by atoms with Gasteiger partial charge < -0.3 is 19.9 Å². The highest BCUT2D eigenvalue weighted by Gasteiger charge is 2.27. The number of imidazole rings is 1. The quantitative estimate of drug-likeness (QED) is 0.620. The standard InChI is InChI=1S/C27H33N7O/c1-35-15-14-33-10-12-34(13-11-33)18-19-5-7-21-24(16-19)31-26(29-21)20-6-8-22-25(17-20)32-27(30-22)23-4-2-3-9-28-23/h2-4,6-7,9,16-17,19,22H,5,8,10-15,18H2,1H3,(H,29,31)(H,30,32)/t19?,22-/m0/s1. The van der Waals surface area contributed by atoms with Gasteiger partial charge in [-0.1, -0.05) is 24.3 Å². The molecule has 2 aromatic rings. The molecule has 4 heterocycles. The van der Waals surface area contributed by atoms with Gasteiger partial charge in [0.1, 0.15) is 11.5 Å². The van der Waals surface area contributed by atoms with Crippen molar-refractivity contribution >= 4 is 23.6 Å². The molecule has 4 aliphatic rings. The van der Waals surface area contributed by atoms with Crippen LogP contribution in [0.4, 0.5) is 0 Å². The summed E-state index contributed by atoms with van der Waals surface area (Å²) < 4.78 is 5.22. The van der Waals surface area contributed by atoms with Crippen LogP contribution in [0.5, 0.6) is 0 Å². The molecule has 1 unspecified atom stereocenters. The van der Waals surface area contributed by atoms with E-state index in [0.717, 1.165) is 98.0 Å². The molecular formula is C27H33N7O. The number of fused-ring (bicyclic) bond motifs is 2. The zero-order valence-corrected chi connectivity index (χ0v) is 20.3. The average Bonchev–Trinajstić information content (AvgIpc) is 3.52. The number of nitrogens with one attached hydrogen (secondary N) is 2. The minimum Gasteiger partial charge on any atom is -0.383 e. The lowest BCUT2D eigenvalue weighted by molar-refractivity contribution is 0.0933. The molecule has 35 heavy (non-hydrogen) atoms. The second kappa shape index (κ2) is 9.89. The Kier molecular flexibility index (Phi) is 6.33. The Hall–Kier alpha value is -3.07. The van der Waals surface area contributed by atoms with E-state index in [2.05, 4.69) is 49.4 Å². The van der Waals surface area contributed by atoms with Gasteiger partial charge in [0.25, 0.3) is 0 Å². The molecule has 1 fully saturated rings. The molecule has 182 valence electrons. The van der Waals surface area contributed by atoms with E-state index in [1.54, 1.807) is 13.3 Å². The maximum absolute atomic E-state index is 5.22. The monoisotopic (exact) mass is 471 g/mol. The van der Waals surface area contributed by atoms with Gasteiger partial charge in [-0.3, -0.25) is 14.9 Å². The number of aromatic nitrogens is 3. The van der Waals surface area contributed by atoms with Gasteiger partial charge in [-0.05, 0) is 37.0 Å². The van der Waals surface area contributed by atoms with Crippen LogP contribution in [0.25, 0.3) is 17.7 Å². The van der Waals surface area contributed by atoms with E-state index < -0.39 is 0 Å². The fourth-order valence-electron chi connectivity index (χ4n) is 5.31. The van der Waals surface area contributed by atoms with E-state index in [1.807, 2.05) is 18.2 Å². The summed E-state index contributed by atoms with van der Waals surface area (Å²) in [7, 11) is 1.78. The van der Waals surface area contributed by atoms with Gasteiger partial charge in [0.15, 0.2) is 5.84 Å². The lowest BCUT2D eigenvalue weighted by atomic mass is 10.0. The van der Waals surface area contributed by atoms with E-state index in [1.165, 1.54) is 0 Å². The van der Waals surface area contributed by atoms with Crippen LogP contribution in [0, 0.1) is 5.92 Å². The Morgan fingerprint density at radius 2 is 1.97 bits per heavy atom. The molecule has 8 heteroatoms. The first-order valence-corrected chi connectivity index (χ1v) is 12.7. The smallest absolute Gasteiger partial charge is 0.152 e. The van der Waals surface area contributed by atoms with Gasteiger partial charge in [-0.15, -0.1) is 0 Å². The maximum atomic E-state index is 5.22. The molecule has 1 saturated heterocycles. The highest BCUT2D eigenvalue weighted by atomic mass is 16.5. The summed E-state index contributed by atoms with van der Waals surface area (Å²) in [5.41, 5.74) is 3.12. The largest absolute Gasteiger partial charge is 0.383 e. The third-order valence-corrected chi connectivity index (χ3v) is 7.31. The first-order chi connectivity index (χ1) is 17.2. The average molecular weight is 472 g/mol. The fourth-order valence-corrected chi connectivity index (χ4v) is 5.31. The molecule has 2 aliphatic carbocycles. The number of aliphatic imine (C=N–C) groups is 1. The normalized spacial score (nSPS) is 24.3. The van der Waals surface area contributed by atoms with Crippen molar-refractivity contribution < 1.29 is 4.74 Å². The van der Waals surface area contributed by atoms with Crippen molar-refractivity contribution in [2.45, 2.75) is 18.9 Å². The Balaban J connectivity index is 1.11. The van der Waals surface area contributed by atoms with Gasteiger partial charge in [0.2, 0.25) is 0 Å². The summed E-state index contributed by atoms with van der Waals surface area (Å²) in [6, 6.07) is 6.04. The van der Waals surface area contributed by atoms with Crippen molar-refractivity contribution in [3.05, 3.63) is 64.5 Å². The minimum absolute atomic E-state index is 0.137. The number of pyridine rings is 1. The zero-order chi connectivity index (χ0) is 23.6. The lowest BCUT2D eigenvalue weighted by Gasteiger charge is -2.35. The topological polar surface area (TPSA) is 81.7 Å². The van der Waals surface area contributed by atoms with Gasteiger partial charge in [0.05, 0.1) is 23.3 Å². The molecule has 0 bridgehead atoms. The number of ether oxygens (including phenoxy) is 1. The number of H-pyrrole nitrogens is 1. The molecule has 6 rings (SSSR count). The SMILES string of the molecule is COCCN1CCN(CC2C=c3[nH]c(C4=CC[C@@H]5N=C(c6ccccn6)NC5=C4)nc3=CC2)CC1. The highest BCUT2D eigenvalue weighted by molar-refractivity contribution is 6.00. The van der Waals surface area contributed by atoms with Crippen LogP contribution >= 0.6 is 0 Å². The second-order valence-corrected chi connectivity index (χ2v) is 9.71. The van der Waals surface area contributed by atoms with Crippen LogP contribution in [-0.2, 0) is 4.74 Å². The van der Waals surface area contributed by atoms with E-state index in [0.29, 0.717) is 5.92 Å². The molecule has 0 aromatic carbocycles. The predicted molar refractivity (Wildman–Crippen MR) is 138 cm³/mol. The number of nitrogens with zero attached hydrogens (tertiary/aromatic N) is 5. The maximum Gasteiger partial charge on any atom is 0.152 e. The molecule has 0 saturated carbocycles. The van der Waals surface area contributed by atoms with Gasteiger partial charge in [-0.2, -0.15) is 0 Å². The first kappa shape index (κ1) is 22.4. The van der Waals surface area contributed by atoms with Crippen molar-refractivity contribution in [2.75, 3.05) is 53.0 Å². The van der Waals surface area contributed by atoms with Gasteiger partial charge in [0, 0.05) is 63.8 Å². The Bertz CT molecular complexity index is 1270. The number of methoxy groups -OCH3 is 1. The number of allylic oxidation sites excluding steroid dienone is 2. The highest BCUT2D eigenvalue weighted by Crippen LogP contribution is 2.27. The molecule has 8 nitrogen and oxygen atoms in total. The van der Waals surface area contributed by atoms with E-state index in [4.69, 9.17) is 14.7 Å². The van der Waals surface area contributed by atoms with Crippen LogP contribution in [-0.4, -0.2) is 89.6 Å². The van der Waals surface area contributed by atoms with Gasteiger partial charge in [-0.25, -0.2) is 4.98 Å². The summed E-state index contributed by atoms with van der Waals surface area (Å²) in [5, 5.41) is 5.70. The molecule has 0 amide bonds. The summed E-state index contributed by atoms with van der Waals surface area (Å²) in [6.45, 7) is 7.48. The second-order valence-electron chi connectivity index (χ2n) is 9.71. The first-order valence-electron chi connectivity index (χ1n) is 12.7. The minimum atomic E-state index is 0.137. The summed E-state index contributed by atoms with van der Waals surface area (Å²) in [5.74, 6) is 2.31.